The SMILES string of the molecule is N=c1c2[nH]cnc2ncn1COCCO. The molecule has 2 heterocycles. The number of fused-ring (bicyclic) bond motifs is 1. The molecule has 0 aromatic carbocycles. The minimum Gasteiger partial charge on any atom is -0.394 e. The van der Waals surface area contributed by atoms with E-state index in [-0.39, 0.29) is 25.4 Å². The predicted molar refractivity (Wildman–Crippen MR) is 50.8 cm³/mol. The van der Waals surface area contributed by atoms with Gasteiger partial charge >= 0.3 is 0 Å². The van der Waals surface area contributed by atoms with E-state index >= 15 is 0 Å². The van der Waals surface area contributed by atoms with Gasteiger partial charge in [-0.15, -0.1) is 0 Å². The first kappa shape index (κ1) is 9.81. The zero-order chi connectivity index (χ0) is 10.7. The van der Waals surface area contributed by atoms with E-state index in [0.29, 0.717) is 11.2 Å². The predicted octanol–water partition coefficient (Wildman–Crippen LogP) is -0.795. The standard InChI is InChI=1S/C8H11N5O2/c9-7-6-8(11-3-10-6)12-4-13(7)5-15-2-1-14/h3-4,9,14H,1-2,5H2,(H,10,11). The minimum absolute atomic E-state index is 0.0341. The van der Waals surface area contributed by atoms with E-state index in [1.165, 1.54) is 17.2 Å². The molecule has 0 saturated heterocycles. The van der Waals surface area contributed by atoms with Crippen LogP contribution in [0.15, 0.2) is 12.7 Å². The molecule has 0 spiro atoms. The number of nitrogens with zero attached hydrogens (tertiary/aromatic N) is 3. The molecule has 0 atom stereocenters. The maximum absolute atomic E-state index is 8.54. The van der Waals surface area contributed by atoms with Crippen molar-refractivity contribution in [3.05, 3.63) is 18.1 Å². The summed E-state index contributed by atoms with van der Waals surface area (Å²) in [4.78, 5) is 10.8. The number of rotatable bonds is 4. The van der Waals surface area contributed by atoms with E-state index in [1.54, 1.807) is 0 Å². The Balaban J connectivity index is 2.28. The van der Waals surface area contributed by atoms with E-state index in [4.69, 9.17) is 15.3 Å². The van der Waals surface area contributed by atoms with Crippen LogP contribution in [0.25, 0.3) is 11.2 Å². The van der Waals surface area contributed by atoms with Gasteiger partial charge in [-0.25, -0.2) is 9.97 Å². The highest BCUT2D eigenvalue weighted by molar-refractivity contribution is 5.67. The van der Waals surface area contributed by atoms with Crippen LogP contribution in [0.3, 0.4) is 0 Å². The number of aromatic amines is 1. The summed E-state index contributed by atoms with van der Waals surface area (Å²) in [6.45, 7) is 0.405. The normalized spacial score (nSPS) is 11.0. The third-order valence-electron chi connectivity index (χ3n) is 1.93. The number of H-pyrrole nitrogens is 1. The average molecular weight is 209 g/mol. The topological polar surface area (TPSA) is 99.8 Å². The van der Waals surface area contributed by atoms with Crippen LogP contribution in [-0.4, -0.2) is 37.8 Å². The molecule has 0 fully saturated rings. The van der Waals surface area contributed by atoms with Crippen LogP contribution in [0.4, 0.5) is 0 Å². The first-order valence-corrected chi connectivity index (χ1v) is 4.44. The molecule has 0 aliphatic heterocycles. The first-order valence-electron chi connectivity index (χ1n) is 4.44. The Hall–Kier alpha value is -1.73. The van der Waals surface area contributed by atoms with Gasteiger partial charge in [0.2, 0.25) is 0 Å². The Morgan fingerprint density at radius 2 is 2.40 bits per heavy atom. The molecule has 80 valence electrons. The summed E-state index contributed by atoms with van der Waals surface area (Å²) in [7, 11) is 0. The van der Waals surface area contributed by atoms with E-state index in [1.807, 2.05) is 0 Å². The van der Waals surface area contributed by atoms with Crippen molar-refractivity contribution in [2.75, 3.05) is 13.2 Å². The minimum atomic E-state index is -0.0341. The summed E-state index contributed by atoms with van der Waals surface area (Å²) in [6, 6.07) is 0. The zero-order valence-electron chi connectivity index (χ0n) is 7.97. The van der Waals surface area contributed by atoms with Crippen LogP contribution in [0.5, 0.6) is 0 Å². The van der Waals surface area contributed by atoms with Gasteiger partial charge in [0.15, 0.2) is 11.1 Å². The van der Waals surface area contributed by atoms with Crippen LogP contribution in [0.1, 0.15) is 0 Å². The Morgan fingerprint density at radius 3 is 3.20 bits per heavy atom. The molecule has 3 N–H and O–H groups in total. The lowest BCUT2D eigenvalue weighted by atomic mass is 10.5. The van der Waals surface area contributed by atoms with Crippen molar-refractivity contribution in [1.29, 1.82) is 5.41 Å². The van der Waals surface area contributed by atoms with Gasteiger partial charge in [0.1, 0.15) is 18.6 Å². The molecule has 0 amide bonds. The highest BCUT2D eigenvalue weighted by atomic mass is 16.5. The Morgan fingerprint density at radius 1 is 1.53 bits per heavy atom. The summed E-state index contributed by atoms with van der Waals surface area (Å²) in [5, 5.41) is 16.3. The summed E-state index contributed by atoms with van der Waals surface area (Å²) < 4.78 is 6.62. The summed E-state index contributed by atoms with van der Waals surface area (Å²) in [5.74, 6) is 0. The van der Waals surface area contributed by atoms with Crippen LogP contribution < -0.4 is 5.49 Å². The fourth-order valence-corrected chi connectivity index (χ4v) is 1.21. The molecule has 0 unspecified atom stereocenters. The Kier molecular flexibility index (Phi) is 2.75. The molecule has 7 heteroatoms. The van der Waals surface area contributed by atoms with E-state index in [2.05, 4.69) is 15.0 Å². The molecule has 2 aromatic heterocycles. The summed E-state index contributed by atoms with van der Waals surface area (Å²) >= 11 is 0. The molecular formula is C8H11N5O2. The zero-order valence-corrected chi connectivity index (χ0v) is 7.97. The van der Waals surface area contributed by atoms with Crippen LogP contribution in [0, 0.1) is 5.41 Å². The fourth-order valence-electron chi connectivity index (χ4n) is 1.21. The smallest absolute Gasteiger partial charge is 0.182 e. The lowest BCUT2D eigenvalue weighted by molar-refractivity contribution is 0.0455. The highest BCUT2D eigenvalue weighted by Gasteiger charge is 2.02. The molecule has 15 heavy (non-hydrogen) atoms. The Bertz CT molecular complexity index is 503. The molecule has 2 aromatic rings. The quantitative estimate of drug-likeness (QED) is 0.574. The first-order chi connectivity index (χ1) is 7.33. The number of nitrogens with one attached hydrogen (secondary N) is 2. The molecular weight excluding hydrogens is 198 g/mol. The molecule has 7 nitrogen and oxygen atoms in total. The van der Waals surface area contributed by atoms with Gasteiger partial charge in [0.05, 0.1) is 19.5 Å². The van der Waals surface area contributed by atoms with Crippen molar-refractivity contribution in [3.63, 3.8) is 0 Å². The van der Waals surface area contributed by atoms with Gasteiger partial charge in [-0.1, -0.05) is 0 Å². The van der Waals surface area contributed by atoms with Gasteiger partial charge in [0.25, 0.3) is 0 Å². The van der Waals surface area contributed by atoms with Crippen molar-refractivity contribution < 1.29 is 9.84 Å². The second-order valence-electron chi connectivity index (χ2n) is 2.93. The third kappa shape index (κ3) is 1.88. The fraction of sp³-hybridized carbons (Fsp3) is 0.375. The number of hydrogen-bond donors (Lipinski definition) is 3. The highest BCUT2D eigenvalue weighted by Crippen LogP contribution is 1.97. The number of aliphatic hydroxyl groups excluding tert-OH is 1. The lowest BCUT2D eigenvalue weighted by Gasteiger charge is -2.06. The lowest BCUT2D eigenvalue weighted by Crippen LogP contribution is -2.22. The number of ether oxygens (including phenoxy) is 1. The van der Waals surface area contributed by atoms with Crippen molar-refractivity contribution >= 4 is 11.2 Å². The largest absolute Gasteiger partial charge is 0.394 e. The molecule has 0 saturated carbocycles. The van der Waals surface area contributed by atoms with E-state index in [0.717, 1.165) is 0 Å². The van der Waals surface area contributed by atoms with Gasteiger partial charge in [-0.3, -0.25) is 9.98 Å². The van der Waals surface area contributed by atoms with Crippen LogP contribution in [-0.2, 0) is 11.5 Å². The van der Waals surface area contributed by atoms with E-state index < -0.39 is 0 Å². The maximum atomic E-state index is 8.54. The molecule has 0 aliphatic carbocycles. The second kappa shape index (κ2) is 4.20. The van der Waals surface area contributed by atoms with Crippen molar-refractivity contribution in [2.24, 2.45) is 0 Å². The van der Waals surface area contributed by atoms with Crippen molar-refractivity contribution in [1.82, 2.24) is 19.5 Å². The number of hydrogen-bond acceptors (Lipinski definition) is 5. The van der Waals surface area contributed by atoms with Crippen molar-refractivity contribution in [3.8, 4) is 0 Å². The Labute approximate surface area is 84.9 Å². The van der Waals surface area contributed by atoms with Gasteiger partial charge < -0.3 is 14.8 Å². The molecule has 2 rings (SSSR count). The average Bonchev–Trinajstić information content (AvgIpc) is 2.70. The summed E-state index contributed by atoms with van der Waals surface area (Å²) in [5.41, 5.74) is 1.35. The maximum Gasteiger partial charge on any atom is 0.182 e. The van der Waals surface area contributed by atoms with Crippen LogP contribution >= 0.6 is 0 Å². The van der Waals surface area contributed by atoms with Gasteiger partial charge in [-0.2, -0.15) is 0 Å². The number of imidazole rings is 1. The molecule has 0 radical (unpaired) electrons. The third-order valence-corrected chi connectivity index (χ3v) is 1.93. The molecule has 0 aliphatic rings. The van der Waals surface area contributed by atoms with Crippen LogP contribution in [0.2, 0.25) is 0 Å². The number of aliphatic hydroxyl groups is 1. The van der Waals surface area contributed by atoms with E-state index in [9.17, 15) is 0 Å². The molecule has 0 bridgehead atoms. The van der Waals surface area contributed by atoms with Gasteiger partial charge in [0, 0.05) is 0 Å². The van der Waals surface area contributed by atoms with Gasteiger partial charge in [-0.05, 0) is 0 Å². The summed E-state index contributed by atoms with van der Waals surface area (Å²) in [6.07, 6.45) is 2.98. The number of aromatic nitrogens is 4. The second-order valence-corrected chi connectivity index (χ2v) is 2.93. The van der Waals surface area contributed by atoms with Crippen molar-refractivity contribution in [2.45, 2.75) is 6.73 Å². The monoisotopic (exact) mass is 209 g/mol.